The summed E-state index contributed by atoms with van der Waals surface area (Å²) < 4.78 is 28.2. The van der Waals surface area contributed by atoms with Gasteiger partial charge in [-0.3, -0.25) is 49.2 Å². The number of hydrogen-bond acceptors (Lipinski definition) is 17. The third-order valence-electron chi connectivity index (χ3n) is 12.8. The van der Waals surface area contributed by atoms with E-state index in [1.54, 1.807) is 52.9 Å². The molecule has 3 N–H and O–H groups in total. The van der Waals surface area contributed by atoms with Gasteiger partial charge < -0.3 is 38.8 Å². The maximum absolute atomic E-state index is 14.2. The van der Waals surface area contributed by atoms with E-state index in [0.717, 1.165) is 60.1 Å². The molecule has 0 bridgehead atoms. The van der Waals surface area contributed by atoms with Gasteiger partial charge in [-0.2, -0.15) is 0 Å². The Kier molecular flexibility index (Phi) is 16.2. The Balaban J connectivity index is 0.663. The van der Waals surface area contributed by atoms with Crippen LogP contribution < -0.4 is 25.6 Å². The molecule has 6 amide bonds. The number of aromatic nitrogens is 2. The number of carbonyl (C=O) groups excluding carboxylic acids is 6. The highest BCUT2D eigenvalue weighted by atomic mass is 32.1. The van der Waals surface area contributed by atoms with Crippen molar-refractivity contribution >= 4 is 63.4 Å². The minimum Gasteiger partial charge on any atom is -0.467 e. The number of carbonyl (C=O) groups is 6. The van der Waals surface area contributed by atoms with Crippen LogP contribution in [-0.2, 0) is 39.9 Å². The molecule has 6 heterocycles. The van der Waals surface area contributed by atoms with Crippen molar-refractivity contribution in [1.82, 2.24) is 30.0 Å². The lowest BCUT2D eigenvalue weighted by atomic mass is 10.0. The number of rotatable bonds is 23. The van der Waals surface area contributed by atoms with E-state index >= 15 is 0 Å². The first-order valence-corrected chi connectivity index (χ1v) is 24.7. The number of hydrogen-bond donors (Lipinski definition) is 3. The molecule has 4 aliphatic heterocycles. The maximum Gasteiger partial charge on any atom is 0.264 e. The molecule has 5 aromatic rings. The molecule has 0 spiro atoms. The number of thiazole rings is 1. The van der Waals surface area contributed by atoms with Crippen LogP contribution in [0.1, 0.15) is 61.1 Å². The number of amides is 6. The van der Waals surface area contributed by atoms with Crippen molar-refractivity contribution in [3.63, 3.8) is 0 Å². The molecule has 2 aromatic heterocycles. The first kappa shape index (κ1) is 49.8. The van der Waals surface area contributed by atoms with Crippen LogP contribution >= 0.6 is 11.3 Å². The molecule has 0 saturated carbocycles. The SMILES string of the molecule is COCOc1ccccc1C(C(=O)Nc1nccs1)N1Cc2ccc(-c3ccc(N4CCN(CCOCCOCCOCCNc5cccc6c5C(=O)N(C5CCC(=O)NC5=O)C6=O)CC4)nc3)cc2C1=O. The molecule has 20 nitrogen and oxygen atoms in total. The van der Waals surface area contributed by atoms with E-state index in [1.807, 2.05) is 42.6 Å². The second-order valence-electron chi connectivity index (χ2n) is 17.3. The zero-order chi connectivity index (χ0) is 50.0. The number of methoxy groups -OCH3 is 1. The highest BCUT2D eigenvalue weighted by molar-refractivity contribution is 7.13. The number of piperidine rings is 1. The Labute approximate surface area is 419 Å². The molecule has 9 rings (SSSR count). The van der Waals surface area contributed by atoms with Gasteiger partial charge in [0.15, 0.2) is 11.9 Å². The van der Waals surface area contributed by atoms with Gasteiger partial charge in [0.05, 0.1) is 50.8 Å². The Hall–Kier alpha value is -7.14. The quantitative estimate of drug-likeness (QED) is 0.0474. The van der Waals surface area contributed by atoms with Crippen LogP contribution in [0.3, 0.4) is 0 Å². The molecule has 376 valence electrons. The highest BCUT2D eigenvalue weighted by Gasteiger charge is 2.46. The smallest absolute Gasteiger partial charge is 0.264 e. The summed E-state index contributed by atoms with van der Waals surface area (Å²) in [5.74, 6) is -1.53. The topological polar surface area (TPSA) is 223 Å². The van der Waals surface area contributed by atoms with Gasteiger partial charge in [0, 0.05) is 99.5 Å². The monoisotopic (exact) mass is 1000 g/mol. The summed E-state index contributed by atoms with van der Waals surface area (Å²) >= 11 is 1.29. The fourth-order valence-corrected chi connectivity index (χ4v) is 9.71. The summed E-state index contributed by atoms with van der Waals surface area (Å²) in [6.07, 6.45) is 3.60. The molecule has 2 atom stereocenters. The normalized spacial score (nSPS) is 17.3. The summed E-state index contributed by atoms with van der Waals surface area (Å²) in [4.78, 5) is 94.6. The number of benzene rings is 3. The molecule has 3 aromatic carbocycles. The molecular formula is C51H55N9O11S. The largest absolute Gasteiger partial charge is 0.467 e. The molecular weight excluding hydrogens is 947 g/mol. The molecule has 0 radical (unpaired) electrons. The first-order chi connectivity index (χ1) is 35.2. The minimum absolute atomic E-state index is 0.0199. The van der Waals surface area contributed by atoms with Gasteiger partial charge in [-0.25, -0.2) is 9.97 Å². The van der Waals surface area contributed by atoms with Gasteiger partial charge in [-0.05, 0) is 53.9 Å². The van der Waals surface area contributed by atoms with Gasteiger partial charge in [-0.1, -0.05) is 36.4 Å². The van der Waals surface area contributed by atoms with E-state index in [4.69, 9.17) is 28.7 Å². The summed E-state index contributed by atoms with van der Waals surface area (Å²) in [5.41, 5.74) is 4.49. The number of nitrogens with one attached hydrogen (secondary N) is 3. The van der Waals surface area contributed by atoms with Crippen molar-refractivity contribution in [3.05, 3.63) is 118 Å². The Morgan fingerprint density at radius 3 is 2.35 bits per heavy atom. The van der Waals surface area contributed by atoms with E-state index < -0.39 is 41.6 Å². The van der Waals surface area contributed by atoms with Gasteiger partial charge in [-0.15, -0.1) is 11.3 Å². The number of anilines is 3. The Morgan fingerprint density at radius 2 is 1.60 bits per heavy atom. The average molecular weight is 1000 g/mol. The summed E-state index contributed by atoms with van der Waals surface area (Å²) in [5, 5.41) is 10.4. The number of pyridine rings is 1. The molecule has 0 aliphatic carbocycles. The third kappa shape index (κ3) is 11.3. The van der Waals surface area contributed by atoms with Gasteiger partial charge in [0.2, 0.25) is 11.8 Å². The van der Waals surface area contributed by atoms with Crippen molar-refractivity contribution in [2.45, 2.75) is 31.5 Å². The van der Waals surface area contributed by atoms with Crippen LogP contribution in [0.4, 0.5) is 16.6 Å². The third-order valence-corrected chi connectivity index (χ3v) is 13.5. The number of piperazine rings is 1. The van der Waals surface area contributed by atoms with Crippen LogP contribution in [0.15, 0.2) is 90.6 Å². The second kappa shape index (κ2) is 23.4. The van der Waals surface area contributed by atoms with Crippen LogP contribution in [-0.4, -0.2) is 159 Å². The van der Waals surface area contributed by atoms with E-state index in [9.17, 15) is 28.8 Å². The fraction of sp³-hybridized carbons (Fsp3) is 0.373. The second-order valence-corrected chi connectivity index (χ2v) is 18.2. The number of nitrogens with zero attached hydrogens (tertiary/aromatic N) is 6. The molecule has 2 unspecified atom stereocenters. The zero-order valence-corrected chi connectivity index (χ0v) is 40.5. The predicted octanol–water partition coefficient (Wildman–Crippen LogP) is 4.21. The first-order valence-electron chi connectivity index (χ1n) is 23.8. The van der Waals surface area contributed by atoms with Crippen LogP contribution in [0.2, 0.25) is 0 Å². The van der Waals surface area contributed by atoms with Crippen LogP contribution in [0.25, 0.3) is 11.1 Å². The van der Waals surface area contributed by atoms with Crippen molar-refractivity contribution in [1.29, 1.82) is 0 Å². The molecule has 2 saturated heterocycles. The van der Waals surface area contributed by atoms with Gasteiger partial charge in [0.1, 0.15) is 23.7 Å². The average Bonchev–Trinajstić information content (AvgIpc) is 4.10. The lowest BCUT2D eigenvalue weighted by Crippen LogP contribution is -2.54. The number of ether oxygens (including phenoxy) is 5. The fourth-order valence-electron chi connectivity index (χ4n) is 9.18. The van der Waals surface area contributed by atoms with Crippen LogP contribution in [0, 0.1) is 0 Å². The number of para-hydroxylation sites is 1. The zero-order valence-electron chi connectivity index (χ0n) is 39.7. The number of imide groups is 2. The lowest BCUT2D eigenvalue weighted by molar-refractivity contribution is -0.136. The predicted molar refractivity (Wildman–Crippen MR) is 265 cm³/mol. The van der Waals surface area contributed by atoms with Crippen molar-refractivity contribution in [2.75, 3.05) is 108 Å². The van der Waals surface area contributed by atoms with E-state index in [-0.39, 0.29) is 43.2 Å². The standard InChI is InChI=1S/C51H55N9O11S/c1-67-32-71-41-8-3-2-5-36(41)45(47(63)56-51-53-16-28-72-51)59-31-35-10-9-33(29-38(35)48(59)64)34-11-13-42(54-30-34)58-19-17-57(18-20-58)21-23-69-25-27-70-26-24-68-22-15-52-39-7-4-6-37-44(39)50(66)60(49(37)65)40-12-14-43(61)55-46(40)62/h2-11,13,16,28-30,40,45,52H,12,14-15,17-27,31-32H2,1H3,(H,53,56,63)(H,55,61,62). The van der Waals surface area contributed by atoms with Crippen LogP contribution in [0.5, 0.6) is 5.75 Å². The Bertz CT molecular complexity index is 2770. The molecule has 2 fully saturated rings. The van der Waals surface area contributed by atoms with Gasteiger partial charge >= 0.3 is 0 Å². The lowest BCUT2D eigenvalue weighted by Gasteiger charge is -2.35. The van der Waals surface area contributed by atoms with Crippen molar-refractivity contribution in [2.24, 2.45) is 0 Å². The van der Waals surface area contributed by atoms with E-state index in [2.05, 4.69) is 30.7 Å². The van der Waals surface area contributed by atoms with Gasteiger partial charge in [0.25, 0.3) is 23.6 Å². The van der Waals surface area contributed by atoms with E-state index in [1.165, 1.54) is 18.4 Å². The number of fused-ring (bicyclic) bond motifs is 2. The minimum atomic E-state index is -1.02. The molecule has 21 heteroatoms. The van der Waals surface area contributed by atoms with Crippen molar-refractivity contribution < 1.29 is 52.5 Å². The Morgan fingerprint density at radius 1 is 0.819 bits per heavy atom. The summed E-state index contributed by atoms with van der Waals surface area (Å²) in [7, 11) is 1.52. The van der Waals surface area contributed by atoms with Crippen molar-refractivity contribution in [3.8, 4) is 16.9 Å². The molecule has 4 aliphatic rings. The maximum atomic E-state index is 14.2. The summed E-state index contributed by atoms with van der Waals surface area (Å²) in [6, 6.07) is 19.9. The van der Waals surface area contributed by atoms with E-state index in [0.29, 0.717) is 73.9 Å². The summed E-state index contributed by atoms with van der Waals surface area (Å²) in [6.45, 7) is 7.33. The molecule has 72 heavy (non-hydrogen) atoms. The highest BCUT2D eigenvalue weighted by Crippen LogP contribution is 2.38.